The fraction of sp³-hybridized carbons (Fsp3) is 0.848. The number of aliphatic hydroxyl groups is 1. The number of phosphoric acid groups is 2. The first-order chi connectivity index (χ1) is 47.4. The van der Waals surface area contributed by atoms with E-state index in [9.17, 15) is 43.2 Å². The number of ether oxygens (including phenoxy) is 4. The van der Waals surface area contributed by atoms with Crippen LogP contribution in [0.15, 0.2) is 48.6 Å². The van der Waals surface area contributed by atoms with Crippen LogP contribution < -0.4 is 0 Å². The van der Waals surface area contributed by atoms with Gasteiger partial charge in [0.1, 0.15) is 19.3 Å². The maximum Gasteiger partial charge on any atom is 0.472 e. The van der Waals surface area contributed by atoms with Gasteiger partial charge in [-0.1, -0.05) is 308 Å². The van der Waals surface area contributed by atoms with Crippen molar-refractivity contribution in [2.24, 2.45) is 11.8 Å². The highest BCUT2D eigenvalue weighted by atomic mass is 31.2. The van der Waals surface area contributed by atoms with Gasteiger partial charge < -0.3 is 33.8 Å². The van der Waals surface area contributed by atoms with Crippen molar-refractivity contribution in [1.29, 1.82) is 0 Å². The van der Waals surface area contributed by atoms with Crippen LogP contribution in [0.5, 0.6) is 0 Å². The summed E-state index contributed by atoms with van der Waals surface area (Å²) in [5, 5.41) is 10.6. The number of rotatable bonds is 74. The Morgan fingerprint density at radius 1 is 0.316 bits per heavy atom. The minimum atomic E-state index is -4.97. The Morgan fingerprint density at radius 2 is 0.551 bits per heavy atom. The van der Waals surface area contributed by atoms with Gasteiger partial charge in [-0.25, -0.2) is 9.13 Å². The van der Waals surface area contributed by atoms with Crippen molar-refractivity contribution >= 4 is 39.5 Å². The molecule has 2 unspecified atom stereocenters. The molecule has 0 saturated carbocycles. The zero-order chi connectivity index (χ0) is 72.1. The molecule has 0 radical (unpaired) electrons. The molecule has 0 saturated heterocycles. The van der Waals surface area contributed by atoms with Crippen LogP contribution >= 0.6 is 15.6 Å². The Bertz CT molecular complexity index is 2080. The van der Waals surface area contributed by atoms with Crippen molar-refractivity contribution in [1.82, 2.24) is 0 Å². The van der Waals surface area contributed by atoms with E-state index < -0.39 is 97.5 Å². The molecule has 0 spiro atoms. The van der Waals surface area contributed by atoms with Crippen LogP contribution in [0.1, 0.15) is 363 Å². The lowest BCUT2D eigenvalue weighted by atomic mass is 10.0. The molecule has 0 aliphatic carbocycles. The predicted molar refractivity (Wildman–Crippen MR) is 400 cm³/mol. The highest BCUT2D eigenvalue weighted by Gasteiger charge is 2.30. The molecule has 0 heterocycles. The molecular weight excluding hydrogens is 1280 g/mol. The van der Waals surface area contributed by atoms with Gasteiger partial charge in [0.2, 0.25) is 0 Å². The minimum Gasteiger partial charge on any atom is -0.462 e. The fourth-order valence-corrected chi connectivity index (χ4v) is 12.7. The van der Waals surface area contributed by atoms with E-state index in [2.05, 4.69) is 90.2 Å². The summed E-state index contributed by atoms with van der Waals surface area (Å²) in [6, 6.07) is 0. The van der Waals surface area contributed by atoms with Gasteiger partial charge in [-0.15, -0.1) is 0 Å². The maximum absolute atomic E-state index is 13.1. The molecule has 17 nitrogen and oxygen atoms in total. The smallest absolute Gasteiger partial charge is 0.462 e. The largest absolute Gasteiger partial charge is 0.472 e. The van der Waals surface area contributed by atoms with E-state index in [1.165, 1.54) is 148 Å². The van der Waals surface area contributed by atoms with Crippen LogP contribution in [0.25, 0.3) is 0 Å². The number of hydrogen-bond donors (Lipinski definition) is 3. The molecule has 98 heavy (non-hydrogen) atoms. The van der Waals surface area contributed by atoms with Gasteiger partial charge in [-0.2, -0.15) is 0 Å². The van der Waals surface area contributed by atoms with Gasteiger partial charge in [-0.3, -0.25) is 37.3 Å². The molecule has 0 fully saturated rings. The maximum atomic E-state index is 13.1. The van der Waals surface area contributed by atoms with Gasteiger partial charge in [0.25, 0.3) is 0 Å². The number of hydrogen-bond acceptors (Lipinski definition) is 15. The summed E-state index contributed by atoms with van der Waals surface area (Å²) in [7, 11) is -9.94. The summed E-state index contributed by atoms with van der Waals surface area (Å²) < 4.78 is 68.6. The Kier molecular flexibility index (Phi) is 67.6. The molecule has 0 aliphatic heterocycles. The lowest BCUT2D eigenvalue weighted by Gasteiger charge is -2.21. The first-order valence-electron chi connectivity index (χ1n) is 39.6. The Hall–Kier alpha value is -2.98. The molecule has 0 rings (SSSR count). The number of carbonyl (C=O) groups is 4. The SMILES string of the molecule is CCCCCC/C=C\C=C/CCCCCCCC(=O)OC[C@H](COP(=O)(O)OC[C@@H](O)COP(=O)(O)OC[C@@H](COC(=O)CCCCCCCCCCCC(C)C)OC(=O)CCCCCCC/C=C\C=C/CCCCCC)OC(=O)CCCCCCCCCCCCCCCC(C)C. The van der Waals surface area contributed by atoms with Crippen molar-refractivity contribution in [3.63, 3.8) is 0 Å². The zero-order valence-corrected chi connectivity index (χ0v) is 64.8. The van der Waals surface area contributed by atoms with Gasteiger partial charge in [0.05, 0.1) is 26.4 Å². The number of allylic oxidation sites excluding steroid dienone is 8. The zero-order valence-electron chi connectivity index (χ0n) is 63.1. The summed E-state index contributed by atoms with van der Waals surface area (Å²) in [6.45, 7) is 9.48. The fourth-order valence-electron chi connectivity index (χ4n) is 11.1. The number of esters is 4. The summed E-state index contributed by atoms with van der Waals surface area (Å²) in [5.74, 6) is -0.650. The molecule has 0 aromatic heterocycles. The van der Waals surface area contributed by atoms with Crippen molar-refractivity contribution in [3.05, 3.63) is 48.6 Å². The van der Waals surface area contributed by atoms with Gasteiger partial charge >= 0.3 is 39.5 Å². The molecular formula is C79H146O17P2. The van der Waals surface area contributed by atoms with Crippen LogP contribution in [0.2, 0.25) is 0 Å². The van der Waals surface area contributed by atoms with Gasteiger partial charge in [-0.05, 0) is 88.9 Å². The number of aliphatic hydroxyl groups excluding tert-OH is 1. The third-order valence-corrected chi connectivity index (χ3v) is 19.1. The Labute approximate surface area is 597 Å². The van der Waals surface area contributed by atoms with E-state index in [4.69, 9.17) is 37.0 Å². The van der Waals surface area contributed by atoms with Crippen LogP contribution in [0.4, 0.5) is 0 Å². The number of phosphoric ester groups is 2. The average Bonchev–Trinajstić information content (AvgIpc) is 1.05. The monoisotopic (exact) mass is 1430 g/mol. The lowest BCUT2D eigenvalue weighted by molar-refractivity contribution is -0.161. The van der Waals surface area contributed by atoms with Crippen molar-refractivity contribution < 1.29 is 80.2 Å². The number of carbonyl (C=O) groups excluding carboxylic acids is 4. The number of unbranched alkanes of at least 4 members (excludes halogenated alkanes) is 38. The summed E-state index contributed by atoms with van der Waals surface area (Å²) in [5.41, 5.74) is 0. The molecule has 0 aromatic carbocycles. The van der Waals surface area contributed by atoms with E-state index in [1.54, 1.807) is 0 Å². The van der Waals surface area contributed by atoms with Gasteiger partial charge in [0, 0.05) is 25.7 Å². The van der Waals surface area contributed by atoms with Crippen molar-refractivity contribution in [3.8, 4) is 0 Å². The van der Waals surface area contributed by atoms with Crippen molar-refractivity contribution in [2.75, 3.05) is 39.6 Å². The standard InChI is InChI=1S/C79H146O17P2/c1-7-9-11-13-15-17-19-21-23-27-31-37-43-49-55-61-76(81)89-67-74(95-79(84)64-58-52-46-39-33-29-25-26-30-35-41-47-53-59-71(3)4)69-93-97(85,86)91-65-73(80)66-92-98(87,88)94-70-75(68-90-77(82)62-56-50-44-40-34-36-42-48-54-60-72(5)6)96-78(83)63-57-51-45-38-32-28-24-22-20-18-16-14-12-10-8-2/h17-24,71-75,80H,7-16,25-70H2,1-6H3,(H,85,86)(H,87,88)/b19-17-,20-18-,23-21-,24-22-/t73-,74-,75-/m1/s1. The first kappa shape index (κ1) is 95.0. The molecule has 0 bridgehead atoms. The topological polar surface area (TPSA) is 237 Å². The second kappa shape index (κ2) is 69.7. The van der Waals surface area contributed by atoms with Gasteiger partial charge in [0.15, 0.2) is 12.2 Å². The summed E-state index contributed by atoms with van der Waals surface area (Å²) in [4.78, 5) is 72.9. The highest BCUT2D eigenvalue weighted by Crippen LogP contribution is 2.45. The minimum absolute atomic E-state index is 0.0823. The molecule has 0 aliphatic rings. The predicted octanol–water partition coefficient (Wildman–Crippen LogP) is 22.6. The third kappa shape index (κ3) is 71.4. The summed E-state index contributed by atoms with van der Waals surface area (Å²) in [6.07, 6.45) is 64.0. The Morgan fingerprint density at radius 3 is 0.827 bits per heavy atom. The lowest BCUT2D eigenvalue weighted by Crippen LogP contribution is -2.30. The second-order valence-electron chi connectivity index (χ2n) is 28.0. The summed E-state index contributed by atoms with van der Waals surface area (Å²) >= 11 is 0. The quantitative estimate of drug-likeness (QED) is 0.0169. The van der Waals surface area contributed by atoms with Crippen LogP contribution in [0, 0.1) is 11.8 Å². The first-order valence-corrected chi connectivity index (χ1v) is 42.6. The van der Waals surface area contributed by atoms with Crippen molar-refractivity contribution in [2.45, 2.75) is 381 Å². The molecule has 5 atom stereocenters. The van der Waals surface area contributed by atoms with E-state index in [-0.39, 0.29) is 25.7 Å². The Balaban J connectivity index is 5.34. The highest BCUT2D eigenvalue weighted by molar-refractivity contribution is 7.47. The van der Waals surface area contributed by atoms with Crippen LogP contribution in [-0.2, 0) is 65.4 Å². The van der Waals surface area contributed by atoms with Crippen LogP contribution in [0.3, 0.4) is 0 Å². The molecule has 574 valence electrons. The second-order valence-corrected chi connectivity index (χ2v) is 30.9. The molecule has 0 amide bonds. The molecule has 0 aromatic rings. The van der Waals surface area contributed by atoms with E-state index >= 15 is 0 Å². The third-order valence-electron chi connectivity index (χ3n) is 17.2. The van der Waals surface area contributed by atoms with E-state index in [1.807, 2.05) is 0 Å². The molecule has 3 N–H and O–H groups in total. The molecule has 19 heteroatoms. The van der Waals surface area contributed by atoms with E-state index in [0.29, 0.717) is 25.7 Å². The van der Waals surface area contributed by atoms with E-state index in [0.717, 1.165) is 134 Å². The normalized spacial score (nSPS) is 14.3. The average molecular weight is 1430 g/mol. The van der Waals surface area contributed by atoms with Crippen LogP contribution in [-0.4, -0.2) is 96.7 Å².